The Morgan fingerprint density at radius 2 is 2.20 bits per heavy atom. The fourth-order valence-corrected chi connectivity index (χ4v) is 1.41. The van der Waals surface area contributed by atoms with E-state index < -0.39 is 6.10 Å². The van der Waals surface area contributed by atoms with Crippen LogP contribution in [0.4, 0.5) is 0 Å². The van der Waals surface area contributed by atoms with Gasteiger partial charge < -0.3 is 20.3 Å². The van der Waals surface area contributed by atoms with Gasteiger partial charge in [-0.15, -0.1) is 0 Å². The lowest BCUT2D eigenvalue weighted by Crippen LogP contribution is -2.13. The van der Waals surface area contributed by atoms with E-state index in [1.165, 1.54) is 0 Å². The zero-order valence-corrected chi connectivity index (χ0v) is 9.06. The van der Waals surface area contributed by atoms with Gasteiger partial charge in [0.25, 0.3) is 0 Å². The molecule has 1 aromatic carbocycles. The topological polar surface area (TPSA) is 64.7 Å². The van der Waals surface area contributed by atoms with Crippen LogP contribution in [0.5, 0.6) is 11.5 Å². The third-order valence-corrected chi connectivity index (χ3v) is 2.10. The van der Waals surface area contributed by atoms with Crippen LogP contribution in [0.2, 0.25) is 0 Å². The van der Waals surface area contributed by atoms with Crippen molar-refractivity contribution in [2.75, 3.05) is 20.3 Å². The second kappa shape index (κ2) is 5.58. The smallest absolute Gasteiger partial charge is 0.166 e. The van der Waals surface area contributed by atoms with Crippen LogP contribution >= 0.6 is 0 Å². The molecule has 0 radical (unpaired) electrons. The summed E-state index contributed by atoms with van der Waals surface area (Å²) in [4.78, 5) is 0. The van der Waals surface area contributed by atoms with Crippen molar-refractivity contribution in [3.05, 3.63) is 23.8 Å². The minimum absolute atomic E-state index is 0.159. The Bertz CT molecular complexity index is 315. The lowest BCUT2D eigenvalue weighted by Gasteiger charge is -2.16. The first-order valence-electron chi connectivity index (χ1n) is 4.92. The van der Waals surface area contributed by atoms with E-state index in [4.69, 9.17) is 15.2 Å². The van der Waals surface area contributed by atoms with E-state index in [-0.39, 0.29) is 6.54 Å². The summed E-state index contributed by atoms with van der Waals surface area (Å²) in [5.41, 5.74) is 6.06. The van der Waals surface area contributed by atoms with Crippen LogP contribution in [-0.2, 0) is 0 Å². The molecule has 84 valence electrons. The number of nitrogens with two attached hydrogens (primary N) is 1. The molecule has 4 heteroatoms. The lowest BCUT2D eigenvalue weighted by molar-refractivity contribution is 0.180. The molecule has 0 heterocycles. The van der Waals surface area contributed by atoms with Crippen molar-refractivity contribution in [2.45, 2.75) is 13.0 Å². The van der Waals surface area contributed by atoms with Crippen molar-refractivity contribution in [3.8, 4) is 11.5 Å². The van der Waals surface area contributed by atoms with E-state index in [1.807, 2.05) is 13.0 Å². The normalized spacial score (nSPS) is 12.3. The molecule has 1 rings (SSSR count). The molecule has 1 aromatic rings. The highest BCUT2D eigenvalue weighted by Gasteiger charge is 2.15. The number of hydrogen-bond acceptors (Lipinski definition) is 4. The Kier molecular flexibility index (Phi) is 4.39. The third-order valence-electron chi connectivity index (χ3n) is 2.10. The first-order valence-corrected chi connectivity index (χ1v) is 4.92. The predicted molar refractivity (Wildman–Crippen MR) is 58.2 cm³/mol. The van der Waals surface area contributed by atoms with Crippen LogP contribution in [0.1, 0.15) is 18.6 Å². The molecule has 0 saturated carbocycles. The molecule has 0 unspecified atom stereocenters. The number of methoxy groups -OCH3 is 1. The number of ether oxygens (including phenoxy) is 2. The summed E-state index contributed by atoms with van der Waals surface area (Å²) < 4.78 is 10.6. The molecule has 0 fully saturated rings. The number of rotatable bonds is 5. The molecule has 15 heavy (non-hydrogen) atoms. The van der Waals surface area contributed by atoms with E-state index in [0.29, 0.717) is 23.7 Å². The van der Waals surface area contributed by atoms with Gasteiger partial charge in [-0.1, -0.05) is 12.1 Å². The van der Waals surface area contributed by atoms with E-state index in [9.17, 15) is 5.11 Å². The lowest BCUT2D eigenvalue weighted by atomic mass is 10.1. The van der Waals surface area contributed by atoms with Crippen LogP contribution in [0.25, 0.3) is 0 Å². The quantitative estimate of drug-likeness (QED) is 0.765. The summed E-state index contributed by atoms with van der Waals surface area (Å²) in [6.07, 6.45) is -0.722. The van der Waals surface area contributed by atoms with Crippen molar-refractivity contribution in [2.24, 2.45) is 5.73 Å². The van der Waals surface area contributed by atoms with E-state index >= 15 is 0 Å². The van der Waals surface area contributed by atoms with Crippen molar-refractivity contribution in [1.29, 1.82) is 0 Å². The van der Waals surface area contributed by atoms with Gasteiger partial charge in [0, 0.05) is 12.1 Å². The molecule has 0 aliphatic carbocycles. The SMILES string of the molecule is CCOc1cccc([C@H](O)CN)c1OC. The van der Waals surface area contributed by atoms with Gasteiger partial charge in [0.15, 0.2) is 11.5 Å². The van der Waals surface area contributed by atoms with Gasteiger partial charge in [0.05, 0.1) is 19.8 Å². The first kappa shape index (κ1) is 11.8. The number of hydrogen-bond donors (Lipinski definition) is 2. The Morgan fingerprint density at radius 1 is 1.47 bits per heavy atom. The van der Waals surface area contributed by atoms with Crippen LogP contribution in [-0.4, -0.2) is 25.4 Å². The number of benzene rings is 1. The van der Waals surface area contributed by atoms with Gasteiger partial charge >= 0.3 is 0 Å². The zero-order valence-electron chi connectivity index (χ0n) is 9.06. The highest BCUT2D eigenvalue weighted by Crippen LogP contribution is 2.34. The summed E-state index contributed by atoms with van der Waals surface area (Å²) >= 11 is 0. The largest absolute Gasteiger partial charge is 0.492 e. The highest BCUT2D eigenvalue weighted by atomic mass is 16.5. The molecular weight excluding hydrogens is 194 g/mol. The average Bonchev–Trinajstić information content (AvgIpc) is 2.28. The summed E-state index contributed by atoms with van der Waals surface area (Å²) in [7, 11) is 1.55. The molecule has 1 atom stereocenters. The van der Waals surface area contributed by atoms with Crippen LogP contribution in [0.15, 0.2) is 18.2 Å². The fourth-order valence-electron chi connectivity index (χ4n) is 1.41. The molecule has 0 bridgehead atoms. The average molecular weight is 211 g/mol. The van der Waals surface area contributed by atoms with E-state index in [2.05, 4.69) is 0 Å². The molecule has 3 N–H and O–H groups in total. The van der Waals surface area contributed by atoms with Crippen LogP contribution in [0, 0.1) is 0 Å². The van der Waals surface area contributed by atoms with E-state index in [0.717, 1.165) is 0 Å². The minimum Gasteiger partial charge on any atom is -0.492 e. The Hall–Kier alpha value is -1.26. The summed E-state index contributed by atoms with van der Waals surface area (Å²) in [6, 6.07) is 5.38. The van der Waals surface area contributed by atoms with Gasteiger partial charge in [-0.25, -0.2) is 0 Å². The maximum atomic E-state index is 9.67. The maximum absolute atomic E-state index is 9.67. The number of para-hydroxylation sites is 1. The van der Waals surface area contributed by atoms with Crippen LogP contribution < -0.4 is 15.2 Å². The monoisotopic (exact) mass is 211 g/mol. The van der Waals surface area contributed by atoms with Crippen molar-refractivity contribution < 1.29 is 14.6 Å². The number of aliphatic hydroxyl groups excluding tert-OH is 1. The maximum Gasteiger partial charge on any atom is 0.166 e. The van der Waals surface area contributed by atoms with Gasteiger partial charge in [-0.2, -0.15) is 0 Å². The van der Waals surface area contributed by atoms with E-state index in [1.54, 1.807) is 19.2 Å². The molecule has 0 aliphatic heterocycles. The van der Waals surface area contributed by atoms with Crippen molar-refractivity contribution in [1.82, 2.24) is 0 Å². The Labute approximate surface area is 89.6 Å². The second-order valence-corrected chi connectivity index (χ2v) is 3.06. The molecule has 0 saturated heterocycles. The van der Waals surface area contributed by atoms with Crippen LogP contribution in [0.3, 0.4) is 0 Å². The third kappa shape index (κ3) is 2.61. The summed E-state index contributed by atoms with van der Waals surface area (Å²) in [5.74, 6) is 1.18. The highest BCUT2D eigenvalue weighted by molar-refractivity contribution is 5.47. The molecule has 0 amide bonds. The summed E-state index contributed by atoms with van der Waals surface area (Å²) in [6.45, 7) is 2.61. The van der Waals surface area contributed by atoms with Crippen molar-refractivity contribution in [3.63, 3.8) is 0 Å². The fraction of sp³-hybridized carbons (Fsp3) is 0.455. The van der Waals surface area contributed by atoms with Gasteiger partial charge in [-0.3, -0.25) is 0 Å². The molecule has 4 nitrogen and oxygen atoms in total. The first-order chi connectivity index (χ1) is 7.24. The Morgan fingerprint density at radius 3 is 2.73 bits per heavy atom. The Balaban J connectivity index is 3.09. The minimum atomic E-state index is -0.722. The predicted octanol–water partition coefficient (Wildman–Crippen LogP) is 1.09. The second-order valence-electron chi connectivity index (χ2n) is 3.06. The number of aliphatic hydroxyl groups is 1. The van der Waals surface area contributed by atoms with Gasteiger partial charge in [-0.05, 0) is 13.0 Å². The molecular formula is C11H17NO3. The van der Waals surface area contributed by atoms with Crippen molar-refractivity contribution >= 4 is 0 Å². The molecule has 0 aromatic heterocycles. The summed E-state index contributed by atoms with van der Waals surface area (Å²) in [5, 5.41) is 9.67. The molecule has 0 aliphatic rings. The molecule has 0 spiro atoms. The van der Waals surface area contributed by atoms with Gasteiger partial charge in [0.1, 0.15) is 0 Å². The standard InChI is InChI=1S/C11H17NO3/c1-3-15-10-6-4-5-8(9(13)7-12)11(10)14-2/h4-6,9,13H,3,7,12H2,1-2H3/t9-/m1/s1. The van der Waals surface area contributed by atoms with Gasteiger partial charge in [0.2, 0.25) is 0 Å². The zero-order chi connectivity index (χ0) is 11.3.